The maximum absolute atomic E-state index is 13.1. The molecule has 0 unspecified atom stereocenters. The zero-order valence-electron chi connectivity index (χ0n) is 16.2. The molecule has 5 nitrogen and oxygen atoms in total. The molecule has 2 N–H and O–H groups in total. The standard InChI is InChI=1S/C21H19ClF3N3O2/c1-3-26-20(29)15-11-27-17-9-13(21(23,24)25)5-6-14(17)19(15)28-10-12-4-7-18(30-2)16(22)8-12/h4-9,11H,3,10H2,1-2H3,(H,26,29)(H,27,28). The van der Waals surface area contributed by atoms with Crippen molar-refractivity contribution in [2.75, 3.05) is 19.0 Å². The first-order chi connectivity index (χ1) is 14.2. The van der Waals surface area contributed by atoms with Gasteiger partial charge >= 0.3 is 6.18 Å². The van der Waals surface area contributed by atoms with E-state index in [4.69, 9.17) is 16.3 Å². The van der Waals surface area contributed by atoms with Gasteiger partial charge in [-0.1, -0.05) is 23.7 Å². The lowest BCUT2D eigenvalue weighted by molar-refractivity contribution is -0.137. The molecule has 0 radical (unpaired) electrons. The van der Waals surface area contributed by atoms with Crippen molar-refractivity contribution in [2.24, 2.45) is 0 Å². The molecule has 0 spiro atoms. The van der Waals surface area contributed by atoms with Crippen LogP contribution in [0.5, 0.6) is 5.75 Å². The average molecular weight is 438 g/mol. The Morgan fingerprint density at radius 1 is 1.20 bits per heavy atom. The molecule has 0 aliphatic carbocycles. The number of ether oxygens (including phenoxy) is 1. The van der Waals surface area contributed by atoms with Crippen molar-refractivity contribution in [3.63, 3.8) is 0 Å². The number of pyridine rings is 1. The summed E-state index contributed by atoms with van der Waals surface area (Å²) >= 11 is 6.16. The van der Waals surface area contributed by atoms with E-state index in [0.717, 1.165) is 17.7 Å². The van der Waals surface area contributed by atoms with Gasteiger partial charge in [0.2, 0.25) is 0 Å². The first-order valence-corrected chi connectivity index (χ1v) is 9.46. The number of nitrogens with one attached hydrogen (secondary N) is 2. The molecule has 2 aromatic carbocycles. The number of alkyl halides is 3. The summed E-state index contributed by atoms with van der Waals surface area (Å²) in [7, 11) is 1.51. The van der Waals surface area contributed by atoms with Gasteiger partial charge in [0.05, 0.1) is 34.5 Å². The van der Waals surface area contributed by atoms with E-state index >= 15 is 0 Å². The van der Waals surface area contributed by atoms with Gasteiger partial charge < -0.3 is 15.4 Å². The Labute approximate surface area is 176 Å². The first-order valence-electron chi connectivity index (χ1n) is 9.09. The SMILES string of the molecule is CCNC(=O)c1cnc2cc(C(F)(F)F)ccc2c1NCc1ccc(OC)c(Cl)c1. The van der Waals surface area contributed by atoms with Gasteiger partial charge in [0, 0.05) is 24.7 Å². The number of hydrogen-bond donors (Lipinski definition) is 2. The fourth-order valence-corrected chi connectivity index (χ4v) is 3.28. The third-order valence-corrected chi connectivity index (χ3v) is 4.76. The second-order valence-electron chi connectivity index (χ2n) is 6.46. The van der Waals surface area contributed by atoms with Crippen LogP contribution in [0.3, 0.4) is 0 Å². The van der Waals surface area contributed by atoms with Gasteiger partial charge in [-0.2, -0.15) is 13.2 Å². The Bertz CT molecular complexity index is 1090. The molecule has 0 bridgehead atoms. The molecule has 9 heteroatoms. The van der Waals surface area contributed by atoms with Gasteiger partial charge in [0.25, 0.3) is 5.91 Å². The summed E-state index contributed by atoms with van der Waals surface area (Å²) in [4.78, 5) is 16.5. The van der Waals surface area contributed by atoms with Gasteiger partial charge in [-0.15, -0.1) is 0 Å². The molecule has 0 saturated heterocycles. The number of rotatable bonds is 6. The van der Waals surface area contributed by atoms with Crippen molar-refractivity contribution in [1.82, 2.24) is 10.3 Å². The molecule has 1 amide bonds. The predicted molar refractivity (Wildman–Crippen MR) is 110 cm³/mol. The highest BCUT2D eigenvalue weighted by Gasteiger charge is 2.31. The van der Waals surface area contributed by atoms with Crippen LogP contribution in [0, 0.1) is 0 Å². The predicted octanol–water partition coefficient (Wildman–Crippen LogP) is 5.28. The molecule has 0 aliphatic heterocycles. The molecule has 0 aliphatic rings. The molecular formula is C21H19ClF3N3O2. The van der Waals surface area contributed by atoms with Gasteiger partial charge in [-0.3, -0.25) is 9.78 Å². The Kier molecular flexibility index (Phi) is 6.36. The van der Waals surface area contributed by atoms with Gasteiger partial charge in [-0.25, -0.2) is 0 Å². The smallest absolute Gasteiger partial charge is 0.416 e. The molecule has 1 aromatic heterocycles. The Morgan fingerprint density at radius 2 is 1.97 bits per heavy atom. The normalized spacial score (nSPS) is 11.4. The quantitative estimate of drug-likeness (QED) is 0.551. The number of hydrogen-bond acceptors (Lipinski definition) is 4. The van der Waals surface area contributed by atoms with Crippen LogP contribution in [0.1, 0.15) is 28.4 Å². The summed E-state index contributed by atoms with van der Waals surface area (Å²) in [6.45, 7) is 2.46. The summed E-state index contributed by atoms with van der Waals surface area (Å²) < 4.78 is 44.3. The number of benzene rings is 2. The van der Waals surface area contributed by atoms with Crippen LogP contribution in [0.25, 0.3) is 10.9 Å². The minimum Gasteiger partial charge on any atom is -0.495 e. The summed E-state index contributed by atoms with van der Waals surface area (Å²) in [6.07, 6.45) is -3.21. The van der Waals surface area contributed by atoms with Crippen molar-refractivity contribution in [1.29, 1.82) is 0 Å². The third kappa shape index (κ3) is 4.59. The van der Waals surface area contributed by atoms with Crippen molar-refractivity contribution < 1.29 is 22.7 Å². The molecule has 0 saturated carbocycles. The minimum atomic E-state index is -4.48. The molecule has 0 atom stereocenters. The number of aromatic nitrogens is 1. The van der Waals surface area contributed by atoms with E-state index in [1.54, 1.807) is 25.1 Å². The number of nitrogens with zero attached hydrogens (tertiary/aromatic N) is 1. The van der Waals surface area contributed by atoms with Crippen LogP contribution in [0.15, 0.2) is 42.6 Å². The highest BCUT2D eigenvalue weighted by Crippen LogP contribution is 2.34. The number of fused-ring (bicyclic) bond motifs is 1. The number of carbonyl (C=O) groups is 1. The first kappa shape index (κ1) is 21.7. The van der Waals surface area contributed by atoms with E-state index in [1.165, 1.54) is 19.4 Å². The van der Waals surface area contributed by atoms with Crippen molar-refractivity contribution in [2.45, 2.75) is 19.6 Å². The summed E-state index contributed by atoms with van der Waals surface area (Å²) in [5.41, 5.74) is 0.768. The molecular weight excluding hydrogens is 419 g/mol. The van der Waals surface area contributed by atoms with E-state index in [0.29, 0.717) is 28.4 Å². The van der Waals surface area contributed by atoms with Gasteiger partial charge in [0.15, 0.2) is 0 Å². The Balaban J connectivity index is 2.03. The second-order valence-corrected chi connectivity index (χ2v) is 6.87. The highest BCUT2D eigenvalue weighted by atomic mass is 35.5. The van der Waals surface area contributed by atoms with Crippen LogP contribution in [-0.4, -0.2) is 24.5 Å². The number of anilines is 1. The number of methoxy groups -OCH3 is 1. The summed E-state index contributed by atoms with van der Waals surface area (Å²) in [5.74, 6) is 0.152. The molecule has 158 valence electrons. The topological polar surface area (TPSA) is 63.2 Å². The maximum atomic E-state index is 13.1. The zero-order valence-corrected chi connectivity index (χ0v) is 17.0. The Morgan fingerprint density at radius 3 is 2.60 bits per heavy atom. The Hall–Kier alpha value is -3.00. The molecule has 0 fully saturated rings. The van der Waals surface area contributed by atoms with Crippen molar-refractivity contribution in [3.8, 4) is 5.75 Å². The van der Waals surface area contributed by atoms with Crippen LogP contribution in [0.2, 0.25) is 5.02 Å². The summed E-state index contributed by atoms with van der Waals surface area (Å²) in [6, 6.07) is 8.48. The zero-order chi connectivity index (χ0) is 21.9. The lowest BCUT2D eigenvalue weighted by atomic mass is 10.1. The van der Waals surface area contributed by atoms with E-state index in [1.807, 2.05) is 0 Å². The fraction of sp³-hybridized carbons (Fsp3) is 0.238. The maximum Gasteiger partial charge on any atom is 0.416 e. The van der Waals surface area contributed by atoms with Gasteiger partial charge in [-0.05, 0) is 36.8 Å². The van der Waals surface area contributed by atoms with Crippen LogP contribution < -0.4 is 15.4 Å². The largest absolute Gasteiger partial charge is 0.495 e. The molecule has 3 rings (SSSR count). The van der Waals surface area contributed by atoms with Crippen molar-refractivity contribution in [3.05, 3.63) is 64.3 Å². The van der Waals surface area contributed by atoms with Crippen LogP contribution in [0.4, 0.5) is 18.9 Å². The molecule has 1 heterocycles. The highest BCUT2D eigenvalue weighted by molar-refractivity contribution is 6.32. The lowest BCUT2D eigenvalue weighted by Crippen LogP contribution is -2.24. The second kappa shape index (κ2) is 8.79. The summed E-state index contributed by atoms with van der Waals surface area (Å²) in [5, 5.41) is 6.68. The monoisotopic (exact) mass is 437 g/mol. The fourth-order valence-electron chi connectivity index (χ4n) is 3.00. The third-order valence-electron chi connectivity index (χ3n) is 4.46. The lowest BCUT2D eigenvalue weighted by Gasteiger charge is -2.16. The van der Waals surface area contributed by atoms with E-state index < -0.39 is 11.7 Å². The van der Waals surface area contributed by atoms with E-state index in [9.17, 15) is 18.0 Å². The molecule has 3 aromatic rings. The number of amides is 1. The van der Waals surface area contributed by atoms with Crippen LogP contribution in [-0.2, 0) is 12.7 Å². The number of halogens is 4. The van der Waals surface area contributed by atoms with E-state index in [-0.39, 0.29) is 23.5 Å². The van der Waals surface area contributed by atoms with Gasteiger partial charge in [0.1, 0.15) is 5.75 Å². The average Bonchev–Trinajstić information content (AvgIpc) is 2.71. The number of carbonyl (C=O) groups excluding carboxylic acids is 1. The minimum absolute atomic E-state index is 0.133. The van der Waals surface area contributed by atoms with Crippen LogP contribution >= 0.6 is 11.6 Å². The van der Waals surface area contributed by atoms with E-state index in [2.05, 4.69) is 15.6 Å². The van der Waals surface area contributed by atoms with Crippen molar-refractivity contribution >= 4 is 34.1 Å². The molecule has 30 heavy (non-hydrogen) atoms.